The lowest BCUT2D eigenvalue weighted by Gasteiger charge is -2.33. The van der Waals surface area contributed by atoms with Gasteiger partial charge in [0.25, 0.3) is 5.56 Å². The van der Waals surface area contributed by atoms with Gasteiger partial charge in [0, 0.05) is 43.7 Å². The Morgan fingerprint density at radius 3 is 2.62 bits per heavy atom. The Bertz CT molecular complexity index is 763. The van der Waals surface area contributed by atoms with E-state index in [-0.39, 0.29) is 5.56 Å². The summed E-state index contributed by atoms with van der Waals surface area (Å²) in [6, 6.07) is 5.37. The number of piperidine rings is 1. The third-order valence-corrected chi connectivity index (χ3v) is 5.50. The van der Waals surface area contributed by atoms with Gasteiger partial charge in [-0.05, 0) is 56.8 Å². The first-order chi connectivity index (χ1) is 12.8. The average Bonchev–Trinajstić information content (AvgIpc) is 3.19. The molecule has 0 saturated carbocycles. The second-order valence-electron chi connectivity index (χ2n) is 7.38. The largest absolute Gasteiger partial charge is 0.377 e. The summed E-state index contributed by atoms with van der Waals surface area (Å²) in [4.78, 5) is 23.4. The highest BCUT2D eigenvalue weighted by Crippen LogP contribution is 2.21. The van der Waals surface area contributed by atoms with Crippen LogP contribution >= 0.6 is 0 Å². The molecule has 1 unspecified atom stereocenters. The molecule has 6 heteroatoms. The second kappa shape index (κ2) is 8.10. The Morgan fingerprint density at radius 2 is 1.92 bits per heavy atom. The summed E-state index contributed by atoms with van der Waals surface area (Å²) in [5.41, 5.74) is 1.65. The molecule has 138 valence electrons. The fraction of sp³-hybridized carbons (Fsp3) is 0.550. The van der Waals surface area contributed by atoms with Crippen molar-refractivity contribution in [1.82, 2.24) is 19.4 Å². The fourth-order valence-corrected chi connectivity index (χ4v) is 3.95. The van der Waals surface area contributed by atoms with E-state index >= 15 is 0 Å². The van der Waals surface area contributed by atoms with Gasteiger partial charge in [-0.3, -0.25) is 14.3 Å². The lowest BCUT2D eigenvalue weighted by Crippen LogP contribution is -2.40. The number of hydrogen-bond donors (Lipinski definition) is 0. The monoisotopic (exact) mass is 354 g/mol. The molecule has 26 heavy (non-hydrogen) atoms. The van der Waals surface area contributed by atoms with Crippen LogP contribution in [0.4, 0.5) is 0 Å². The minimum absolute atomic E-state index is 0.0218. The van der Waals surface area contributed by atoms with E-state index in [1.165, 1.54) is 12.8 Å². The smallest absolute Gasteiger partial charge is 0.253 e. The van der Waals surface area contributed by atoms with E-state index in [4.69, 9.17) is 4.74 Å². The molecule has 0 radical (unpaired) electrons. The predicted octanol–water partition coefficient (Wildman–Crippen LogP) is 2.20. The van der Waals surface area contributed by atoms with Crippen molar-refractivity contribution in [3.05, 3.63) is 47.3 Å². The summed E-state index contributed by atoms with van der Waals surface area (Å²) in [7, 11) is 0. The van der Waals surface area contributed by atoms with Gasteiger partial charge in [-0.25, -0.2) is 4.98 Å². The van der Waals surface area contributed by atoms with E-state index in [1.807, 2.05) is 12.1 Å². The minimum Gasteiger partial charge on any atom is -0.377 e. The molecule has 6 nitrogen and oxygen atoms in total. The van der Waals surface area contributed by atoms with Crippen LogP contribution in [0.25, 0.3) is 11.3 Å². The topological polar surface area (TPSA) is 60.2 Å². The zero-order valence-corrected chi connectivity index (χ0v) is 15.1. The molecule has 0 amide bonds. The molecule has 2 fully saturated rings. The molecule has 0 aromatic carbocycles. The highest BCUT2D eigenvalue weighted by Gasteiger charge is 2.24. The molecule has 2 aliphatic heterocycles. The van der Waals surface area contributed by atoms with E-state index in [9.17, 15) is 4.79 Å². The summed E-state index contributed by atoms with van der Waals surface area (Å²) in [5.74, 6) is 0.544. The van der Waals surface area contributed by atoms with Crippen LogP contribution in [0.2, 0.25) is 0 Å². The van der Waals surface area contributed by atoms with E-state index in [0.717, 1.165) is 51.2 Å². The molecule has 1 atom stereocenters. The van der Waals surface area contributed by atoms with Gasteiger partial charge >= 0.3 is 0 Å². The highest BCUT2D eigenvalue weighted by molar-refractivity contribution is 5.57. The van der Waals surface area contributed by atoms with Gasteiger partial charge in [-0.1, -0.05) is 0 Å². The molecule has 0 spiro atoms. The van der Waals surface area contributed by atoms with Crippen LogP contribution in [0.3, 0.4) is 0 Å². The zero-order chi connectivity index (χ0) is 17.8. The third kappa shape index (κ3) is 4.19. The van der Waals surface area contributed by atoms with Crippen molar-refractivity contribution in [3.8, 4) is 11.3 Å². The maximum atomic E-state index is 12.5. The molecule has 0 bridgehead atoms. The molecule has 4 rings (SSSR count). The Morgan fingerprint density at radius 1 is 1.12 bits per heavy atom. The van der Waals surface area contributed by atoms with Gasteiger partial charge in [0.15, 0.2) is 0 Å². The lowest BCUT2D eigenvalue weighted by atomic mass is 9.96. The Hall–Kier alpha value is -2.05. The molecule has 2 aromatic heterocycles. The number of hydrogen-bond acceptors (Lipinski definition) is 5. The van der Waals surface area contributed by atoms with Crippen LogP contribution in [0, 0.1) is 5.92 Å². The maximum absolute atomic E-state index is 12.5. The van der Waals surface area contributed by atoms with E-state index in [0.29, 0.717) is 17.7 Å². The SMILES string of the molecule is O=c1cc(-c2ccncc2)ncn1CC1CCN(CC2CCCO2)CC1. The number of ether oxygens (including phenoxy) is 1. The molecule has 2 saturated heterocycles. The molecular weight excluding hydrogens is 328 g/mol. The van der Waals surface area contributed by atoms with Crippen LogP contribution in [-0.2, 0) is 11.3 Å². The van der Waals surface area contributed by atoms with Gasteiger partial charge in [0.1, 0.15) is 0 Å². The van der Waals surface area contributed by atoms with Crippen molar-refractivity contribution in [1.29, 1.82) is 0 Å². The van der Waals surface area contributed by atoms with Gasteiger partial charge in [-0.15, -0.1) is 0 Å². The highest BCUT2D eigenvalue weighted by atomic mass is 16.5. The molecule has 2 aromatic rings. The van der Waals surface area contributed by atoms with Crippen LogP contribution in [0.1, 0.15) is 25.7 Å². The van der Waals surface area contributed by atoms with Crippen molar-refractivity contribution in [2.75, 3.05) is 26.2 Å². The third-order valence-electron chi connectivity index (χ3n) is 5.50. The summed E-state index contributed by atoms with van der Waals surface area (Å²) in [6.45, 7) is 4.95. The Labute approximate surface area is 153 Å². The van der Waals surface area contributed by atoms with E-state index < -0.39 is 0 Å². The van der Waals surface area contributed by atoms with Crippen molar-refractivity contribution in [3.63, 3.8) is 0 Å². The van der Waals surface area contributed by atoms with Crippen LogP contribution in [0.15, 0.2) is 41.7 Å². The maximum Gasteiger partial charge on any atom is 0.253 e. The quantitative estimate of drug-likeness (QED) is 0.824. The molecule has 0 N–H and O–H groups in total. The van der Waals surface area contributed by atoms with Gasteiger partial charge in [0.2, 0.25) is 0 Å². The molecular formula is C20H26N4O2. The van der Waals surface area contributed by atoms with Crippen molar-refractivity contribution in [2.24, 2.45) is 5.92 Å². The van der Waals surface area contributed by atoms with Crippen molar-refractivity contribution in [2.45, 2.75) is 38.3 Å². The summed E-state index contributed by atoms with van der Waals surface area (Å²) in [5, 5.41) is 0. The average molecular weight is 354 g/mol. The lowest BCUT2D eigenvalue weighted by molar-refractivity contribution is 0.0583. The number of nitrogens with zero attached hydrogens (tertiary/aromatic N) is 4. The first-order valence-electron chi connectivity index (χ1n) is 9.59. The van der Waals surface area contributed by atoms with E-state index in [2.05, 4.69) is 14.9 Å². The van der Waals surface area contributed by atoms with Gasteiger partial charge in [-0.2, -0.15) is 0 Å². The number of rotatable bonds is 5. The molecule has 2 aliphatic rings. The van der Waals surface area contributed by atoms with Crippen LogP contribution < -0.4 is 5.56 Å². The van der Waals surface area contributed by atoms with Crippen molar-refractivity contribution >= 4 is 0 Å². The normalized spacial score (nSPS) is 21.9. The fourth-order valence-electron chi connectivity index (χ4n) is 3.95. The Balaban J connectivity index is 1.32. The summed E-state index contributed by atoms with van der Waals surface area (Å²) < 4.78 is 7.50. The van der Waals surface area contributed by atoms with Crippen LogP contribution in [0.5, 0.6) is 0 Å². The standard InChI is InChI=1S/C20H26N4O2/c25-20-12-19(17-3-7-21-8-4-17)22-15-24(20)13-16-5-9-23(10-6-16)14-18-2-1-11-26-18/h3-4,7-8,12,15-16,18H,1-2,5-6,9-11,13-14H2. The second-order valence-corrected chi connectivity index (χ2v) is 7.38. The van der Waals surface area contributed by atoms with Gasteiger partial charge in [0.05, 0.1) is 18.1 Å². The van der Waals surface area contributed by atoms with Crippen LogP contribution in [-0.4, -0.2) is 51.8 Å². The first-order valence-corrected chi connectivity index (χ1v) is 9.59. The summed E-state index contributed by atoms with van der Waals surface area (Å²) in [6.07, 6.45) is 10.2. The zero-order valence-electron chi connectivity index (χ0n) is 15.1. The summed E-state index contributed by atoms with van der Waals surface area (Å²) >= 11 is 0. The first kappa shape index (κ1) is 17.4. The van der Waals surface area contributed by atoms with E-state index in [1.54, 1.807) is 29.4 Å². The predicted molar refractivity (Wildman–Crippen MR) is 99.9 cm³/mol. The number of pyridine rings is 1. The molecule has 0 aliphatic carbocycles. The Kier molecular flexibility index (Phi) is 5.41. The van der Waals surface area contributed by atoms with Crippen molar-refractivity contribution < 1.29 is 4.74 Å². The number of aromatic nitrogens is 3. The molecule has 4 heterocycles. The van der Waals surface area contributed by atoms with Gasteiger partial charge < -0.3 is 9.64 Å². The minimum atomic E-state index is 0.0218. The number of likely N-dealkylation sites (tertiary alicyclic amines) is 1.